The van der Waals surface area contributed by atoms with Gasteiger partial charge >= 0.3 is 38.3 Å². The van der Waals surface area contributed by atoms with Crippen LogP contribution in [-0.2, 0) is 61.9 Å². The topological polar surface area (TPSA) is 133 Å². The minimum Gasteiger partial charge on any atom is -0.664 e. The fourth-order valence-electron chi connectivity index (χ4n) is 6.62. The molecule has 3 aliphatic rings. The molecule has 8 bridgehead atoms. The van der Waals surface area contributed by atoms with Gasteiger partial charge < -0.3 is 24.2 Å². The summed E-state index contributed by atoms with van der Waals surface area (Å²) in [5.41, 5.74) is 10.3. The molecule has 0 radical (unpaired) electrons. The number of esters is 3. The van der Waals surface area contributed by atoms with E-state index in [0.717, 1.165) is 56.8 Å². The molecule has 0 N–H and O–H groups in total. The predicted molar refractivity (Wildman–Crippen MR) is 180 cm³/mol. The Morgan fingerprint density at radius 2 is 1.54 bits per heavy atom. The van der Waals surface area contributed by atoms with Crippen LogP contribution in [0.2, 0.25) is 0 Å². The van der Waals surface area contributed by atoms with Crippen LogP contribution in [0.3, 0.4) is 0 Å². The van der Waals surface area contributed by atoms with Crippen LogP contribution in [0.5, 0.6) is 0 Å². The van der Waals surface area contributed by atoms with Crippen LogP contribution in [-0.4, -0.2) is 49.2 Å². The van der Waals surface area contributed by atoms with Gasteiger partial charge in [0.05, 0.1) is 56.1 Å². The first-order valence-electron chi connectivity index (χ1n) is 15.7. The van der Waals surface area contributed by atoms with Gasteiger partial charge in [-0.25, -0.2) is 14.8 Å². The number of fused-ring (bicyclic) bond motifs is 8. The fourth-order valence-corrected chi connectivity index (χ4v) is 6.62. The molecule has 0 spiro atoms. The SMILES string of the molecule is C=CC1=C(C)c2cc3[n-]c(c(CC(=O)OC)c4nc(cc5[n-]c(cc1n2)c(C)c5CC)C(C)=C4C(=O)OC)C(CCC(=O)OC)C3C.[Pd+2]. The van der Waals surface area contributed by atoms with Crippen molar-refractivity contribution in [2.45, 2.75) is 72.1 Å². The standard InChI is InChI=1S/C37H41N4O6.Pd/c1-10-22-18(3)26-15-28-20(5)24(12-13-32(42)45-7)35(40-28)25(14-33(43)46-8)36-34(37(44)47-9)21(6)29(41-36)17-31-23(11-2)19(4)27(39-31)16-30(22)38-26;/h10,15-17,20,24H,1,11-14H2,2-9H3,(H-,38,39,40,41,44);/q-1;+2/p-1. The first kappa shape index (κ1) is 36.5. The van der Waals surface area contributed by atoms with Gasteiger partial charge in [-0.05, 0) is 62.2 Å². The van der Waals surface area contributed by atoms with Crippen LogP contribution in [0.4, 0.5) is 0 Å². The van der Waals surface area contributed by atoms with Gasteiger partial charge in [0.2, 0.25) is 0 Å². The molecule has 0 saturated carbocycles. The number of aromatic nitrogens is 4. The number of rotatable bonds is 8. The maximum Gasteiger partial charge on any atom is 2.00 e. The zero-order valence-electron chi connectivity index (χ0n) is 28.6. The number of hydrogen-bond donors (Lipinski definition) is 0. The van der Waals surface area contributed by atoms with Gasteiger partial charge in [0, 0.05) is 12.0 Å². The smallest absolute Gasteiger partial charge is 0.664 e. The maximum absolute atomic E-state index is 13.4. The van der Waals surface area contributed by atoms with Gasteiger partial charge in [-0.1, -0.05) is 55.8 Å². The van der Waals surface area contributed by atoms with E-state index in [4.69, 9.17) is 34.1 Å². The average Bonchev–Trinajstić information content (AvgIpc) is 3.74. The summed E-state index contributed by atoms with van der Waals surface area (Å²) in [6, 6.07) is 5.80. The number of methoxy groups -OCH3 is 3. The second kappa shape index (κ2) is 14.8. The summed E-state index contributed by atoms with van der Waals surface area (Å²) in [7, 11) is 3.97. The molecule has 0 aliphatic carbocycles. The summed E-state index contributed by atoms with van der Waals surface area (Å²) in [5.74, 6) is -1.95. The van der Waals surface area contributed by atoms with Gasteiger partial charge in [0.25, 0.3) is 0 Å². The Morgan fingerprint density at radius 3 is 2.17 bits per heavy atom. The van der Waals surface area contributed by atoms with Crippen LogP contribution in [0.15, 0.2) is 30.9 Å². The fraction of sp³-hybridized carbons (Fsp3) is 0.378. The molecule has 254 valence electrons. The molecule has 0 fully saturated rings. The van der Waals surface area contributed by atoms with Gasteiger partial charge in [-0.2, -0.15) is 5.69 Å². The molecule has 5 rings (SSSR count). The Bertz CT molecular complexity index is 1950. The second-order valence-electron chi connectivity index (χ2n) is 11.9. The van der Waals surface area contributed by atoms with Crippen molar-refractivity contribution < 1.29 is 49.0 Å². The van der Waals surface area contributed by atoms with Crippen molar-refractivity contribution in [3.05, 3.63) is 81.7 Å². The third-order valence-electron chi connectivity index (χ3n) is 9.40. The van der Waals surface area contributed by atoms with E-state index in [9.17, 15) is 14.4 Å². The van der Waals surface area contributed by atoms with E-state index in [1.807, 2.05) is 39.0 Å². The van der Waals surface area contributed by atoms with Crippen LogP contribution in [0, 0.1) is 6.92 Å². The summed E-state index contributed by atoms with van der Waals surface area (Å²) in [4.78, 5) is 58.9. The van der Waals surface area contributed by atoms with Crippen LogP contribution < -0.4 is 9.97 Å². The van der Waals surface area contributed by atoms with Gasteiger partial charge in [-0.15, -0.1) is 16.7 Å². The number of allylic oxidation sites excluding steroid dienone is 4. The van der Waals surface area contributed by atoms with Crippen molar-refractivity contribution in [2.24, 2.45) is 0 Å². The molecule has 2 aromatic heterocycles. The predicted octanol–water partition coefficient (Wildman–Crippen LogP) is 5.94. The number of aryl methyl sites for hydroxylation is 2. The molecule has 2 aromatic rings. The van der Waals surface area contributed by atoms with E-state index in [2.05, 4.69) is 13.5 Å². The van der Waals surface area contributed by atoms with Crippen LogP contribution >= 0.6 is 0 Å². The monoisotopic (exact) mass is 742 g/mol. The normalized spacial score (nSPS) is 16.2. The zero-order chi connectivity index (χ0) is 34.2. The van der Waals surface area contributed by atoms with Crippen molar-refractivity contribution in [1.82, 2.24) is 19.9 Å². The van der Waals surface area contributed by atoms with Gasteiger partial charge in [0.15, 0.2) is 0 Å². The van der Waals surface area contributed by atoms with Crippen molar-refractivity contribution in [2.75, 3.05) is 21.3 Å². The minimum atomic E-state index is -0.587. The van der Waals surface area contributed by atoms with Crippen molar-refractivity contribution in [3.63, 3.8) is 0 Å². The molecule has 0 aromatic carbocycles. The van der Waals surface area contributed by atoms with E-state index in [1.165, 1.54) is 21.3 Å². The van der Waals surface area contributed by atoms with E-state index >= 15 is 0 Å². The maximum atomic E-state index is 13.4. The Morgan fingerprint density at radius 1 is 0.875 bits per heavy atom. The van der Waals surface area contributed by atoms with E-state index in [1.54, 1.807) is 13.0 Å². The number of nitrogens with zero attached hydrogens (tertiary/aromatic N) is 4. The first-order chi connectivity index (χ1) is 22.5. The number of ether oxygens (including phenoxy) is 3. The Hall–Kier alpha value is -4.33. The van der Waals surface area contributed by atoms with Crippen molar-refractivity contribution in [3.8, 4) is 0 Å². The Balaban J connectivity index is 0.00000520. The second-order valence-corrected chi connectivity index (χ2v) is 11.9. The van der Waals surface area contributed by atoms with Crippen LogP contribution in [0.25, 0.3) is 33.3 Å². The molecular formula is C37H40N4O6Pd. The summed E-state index contributed by atoms with van der Waals surface area (Å²) < 4.78 is 15.3. The number of carbonyl (C=O) groups excluding carboxylic acids is 3. The third kappa shape index (κ3) is 6.54. The number of carbonyl (C=O) groups is 3. The third-order valence-corrected chi connectivity index (χ3v) is 9.40. The summed E-state index contributed by atoms with van der Waals surface area (Å²) >= 11 is 0. The average molecular weight is 743 g/mol. The van der Waals surface area contributed by atoms with Gasteiger partial charge in [-0.3, -0.25) is 9.59 Å². The molecule has 0 saturated heterocycles. The molecule has 11 heteroatoms. The van der Waals surface area contributed by atoms with Gasteiger partial charge in [0.1, 0.15) is 0 Å². The largest absolute Gasteiger partial charge is 2.00 e. The molecule has 5 heterocycles. The molecule has 3 aliphatic heterocycles. The number of hydrogen-bond acceptors (Lipinski definition) is 8. The van der Waals surface area contributed by atoms with Crippen molar-refractivity contribution >= 4 is 51.2 Å². The zero-order valence-corrected chi connectivity index (χ0v) is 30.1. The van der Waals surface area contributed by atoms with E-state index < -0.39 is 11.9 Å². The molecule has 2 atom stereocenters. The Kier molecular flexibility index (Phi) is 11.3. The summed E-state index contributed by atoms with van der Waals surface area (Å²) in [6.07, 6.45) is 2.86. The quantitative estimate of drug-likeness (QED) is 0.182. The van der Waals surface area contributed by atoms with Crippen LogP contribution in [0.1, 0.15) is 103 Å². The summed E-state index contributed by atoms with van der Waals surface area (Å²) in [6.45, 7) is 14.0. The molecular weight excluding hydrogens is 703 g/mol. The van der Waals surface area contributed by atoms with E-state index in [0.29, 0.717) is 34.6 Å². The molecule has 10 nitrogen and oxygen atoms in total. The minimum absolute atomic E-state index is 0. The molecule has 0 amide bonds. The molecule has 48 heavy (non-hydrogen) atoms. The van der Waals surface area contributed by atoms with E-state index in [-0.39, 0.29) is 56.6 Å². The summed E-state index contributed by atoms with van der Waals surface area (Å²) in [5, 5.41) is 0. The van der Waals surface area contributed by atoms with Crippen molar-refractivity contribution in [1.29, 1.82) is 0 Å². The molecule has 2 unspecified atom stereocenters. The Labute approximate surface area is 294 Å². The first-order valence-corrected chi connectivity index (χ1v) is 15.7.